The van der Waals surface area contributed by atoms with Crippen molar-refractivity contribution in [3.8, 4) is 17.2 Å². The average Bonchev–Trinajstić information content (AvgIpc) is 2.81. The van der Waals surface area contributed by atoms with E-state index in [1.54, 1.807) is 0 Å². The molecule has 0 spiro atoms. The van der Waals surface area contributed by atoms with Gasteiger partial charge in [-0.25, -0.2) is 8.42 Å². The third kappa shape index (κ3) is 3.58. The summed E-state index contributed by atoms with van der Waals surface area (Å²) in [6.45, 7) is 0.870. The fraction of sp³-hybridized carbons (Fsp3) is 0.200. The first kappa shape index (κ1) is 16.8. The van der Waals surface area contributed by atoms with Gasteiger partial charge in [-0.2, -0.15) is 0 Å². The highest BCUT2D eigenvalue weighted by molar-refractivity contribution is 7.92. The van der Waals surface area contributed by atoms with Crippen molar-refractivity contribution in [3.63, 3.8) is 0 Å². The summed E-state index contributed by atoms with van der Waals surface area (Å²) in [5.41, 5.74) is -0.643. The number of nitro benzene ring substituents is 1. The van der Waals surface area contributed by atoms with Crippen LogP contribution in [-0.2, 0) is 10.0 Å². The van der Waals surface area contributed by atoms with Crippen LogP contribution in [0.15, 0.2) is 41.3 Å². The van der Waals surface area contributed by atoms with E-state index in [1.807, 2.05) is 0 Å². The van der Waals surface area contributed by atoms with Gasteiger partial charge in [0.05, 0.1) is 28.7 Å². The monoisotopic (exact) mass is 366 g/mol. The molecule has 0 radical (unpaired) electrons. The third-order valence-electron chi connectivity index (χ3n) is 3.46. The summed E-state index contributed by atoms with van der Waals surface area (Å²) >= 11 is 0. The molecule has 1 aliphatic rings. The van der Waals surface area contributed by atoms with Crippen molar-refractivity contribution < 1.29 is 27.9 Å². The van der Waals surface area contributed by atoms with Crippen molar-refractivity contribution in [2.75, 3.05) is 17.9 Å². The Morgan fingerprint density at radius 3 is 2.52 bits per heavy atom. The van der Waals surface area contributed by atoms with E-state index in [2.05, 4.69) is 4.72 Å². The molecule has 1 heterocycles. The van der Waals surface area contributed by atoms with Crippen molar-refractivity contribution >= 4 is 21.4 Å². The average molecular weight is 366 g/mol. The quantitative estimate of drug-likeness (QED) is 0.482. The highest BCUT2D eigenvalue weighted by Gasteiger charge is 2.21. The number of nitrogens with zero attached hydrogens (tertiary/aromatic N) is 1. The predicted octanol–water partition coefficient (Wildman–Crippen LogP) is 2.26. The number of nitro groups is 1. The van der Waals surface area contributed by atoms with Crippen LogP contribution >= 0.6 is 0 Å². The Morgan fingerprint density at radius 1 is 1.08 bits per heavy atom. The summed E-state index contributed by atoms with van der Waals surface area (Å²) in [6, 6.07) is 7.16. The summed E-state index contributed by atoms with van der Waals surface area (Å²) in [4.78, 5) is 10.00. The number of hydrogen-bond acceptors (Lipinski definition) is 7. The van der Waals surface area contributed by atoms with Crippen LogP contribution in [0.3, 0.4) is 0 Å². The second-order valence-electron chi connectivity index (χ2n) is 5.22. The van der Waals surface area contributed by atoms with Crippen molar-refractivity contribution in [1.82, 2.24) is 0 Å². The number of ether oxygens (including phenoxy) is 2. The smallest absolute Gasteiger partial charge is 0.271 e. The Bertz CT molecular complexity index is 927. The minimum atomic E-state index is -4.09. The molecular weight excluding hydrogens is 352 g/mol. The van der Waals surface area contributed by atoms with Crippen LogP contribution in [0.1, 0.15) is 6.42 Å². The molecule has 0 unspecified atom stereocenters. The van der Waals surface area contributed by atoms with Gasteiger partial charge in [0, 0.05) is 24.6 Å². The second kappa shape index (κ2) is 6.48. The van der Waals surface area contributed by atoms with E-state index < -0.39 is 20.7 Å². The van der Waals surface area contributed by atoms with Crippen LogP contribution in [-0.4, -0.2) is 31.7 Å². The van der Waals surface area contributed by atoms with Crippen molar-refractivity contribution in [1.29, 1.82) is 0 Å². The Labute approximate surface area is 143 Å². The lowest BCUT2D eigenvalue weighted by molar-refractivity contribution is -0.384. The van der Waals surface area contributed by atoms with Crippen LogP contribution < -0.4 is 14.2 Å². The topological polar surface area (TPSA) is 128 Å². The lowest BCUT2D eigenvalue weighted by atomic mass is 10.2. The van der Waals surface area contributed by atoms with Crippen LogP contribution in [0.4, 0.5) is 11.4 Å². The molecule has 132 valence electrons. The maximum Gasteiger partial charge on any atom is 0.271 e. The molecule has 0 atom stereocenters. The number of benzene rings is 2. The molecule has 0 amide bonds. The van der Waals surface area contributed by atoms with Gasteiger partial charge in [0.25, 0.3) is 15.7 Å². The van der Waals surface area contributed by atoms with E-state index in [-0.39, 0.29) is 16.3 Å². The molecule has 2 aromatic carbocycles. The van der Waals surface area contributed by atoms with Crippen molar-refractivity contribution in [3.05, 3.63) is 46.5 Å². The number of phenols is 1. The molecule has 0 aromatic heterocycles. The van der Waals surface area contributed by atoms with Gasteiger partial charge in [-0.05, 0) is 18.2 Å². The summed E-state index contributed by atoms with van der Waals surface area (Å²) in [5.74, 6) is 0.307. The zero-order valence-electron chi connectivity index (χ0n) is 12.8. The number of phenolic OH excluding ortho intramolecular Hbond substituents is 1. The molecule has 9 nitrogen and oxygen atoms in total. The van der Waals surface area contributed by atoms with Gasteiger partial charge in [0.15, 0.2) is 11.5 Å². The predicted molar refractivity (Wildman–Crippen MR) is 87.6 cm³/mol. The van der Waals surface area contributed by atoms with E-state index in [9.17, 15) is 23.6 Å². The number of fused-ring (bicyclic) bond motifs is 1. The Morgan fingerprint density at radius 2 is 1.80 bits per heavy atom. The lowest BCUT2D eigenvalue weighted by Gasteiger charge is -2.12. The number of sulfonamides is 1. The van der Waals surface area contributed by atoms with Gasteiger partial charge in [-0.1, -0.05) is 0 Å². The van der Waals surface area contributed by atoms with Gasteiger partial charge in [-0.3, -0.25) is 14.8 Å². The molecule has 2 aromatic rings. The molecular formula is C15H14N2O7S. The molecule has 0 fully saturated rings. The highest BCUT2D eigenvalue weighted by atomic mass is 32.2. The number of aromatic hydroxyl groups is 1. The molecule has 10 heteroatoms. The first-order valence-electron chi connectivity index (χ1n) is 7.27. The van der Waals surface area contributed by atoms with E-state index in [1.165, 1.54) is 18.2 Å². The Hall–Kier alpha value is -3.01. The lowest BCUT2D eigenvalue weighted by Crippen LogP contribution is -2.13. The SMILES string of the molecule is O=[N+]([O-])c1ccc(O)c(NS(=O)(=O)c2ccc3c(c2)OCCCO3)c1. The molecule has 0 aliphatic carbocycles. The fourth-order valence-electron chi connectivity index (χ4n) is 2.23. The van der Waals surface area contributed by atoms with Crippen LogP contribution in [0.2, 0.25) is 0 Å². The molecule has 2 N–H and O–H groups in total. The van der Waals surface area contributed by atoms with E-state index in [0.29, 0.717) is 31.1 Å². The number of non-ortho nitro benzene ring substituents is 1. The molecule has 3 rings (SSSR count). The third-order valence-corrected chi connectivity index (χ3v) is 4.83. The number of anilines is 1. The highest BCUT2D eigenvalue weighted by Crippen LogP contribution is 2.34. The summed E-state index contributed by atoms with van der Waals surface area (Å²) in [7, 11) is -4.09. The van der Waals surface area contributed by atoms with Gasteiger partial charge in [0.2, 0.25) is 0 Å². The number of hydrogen-bond donors (Lipinski definition) is 2. The molecule has 25 heavy (non-hydrogen) atoms. The van der Waals surface area contributed by atoms with E-state index in [0.717, 1.165) is 18.2 Å². The second-order valence-corrected chi connectivity index (χ2v) is 6.91. The van der Waals surface area contributed by atoms with E-state index in [4.69, 9.17) is 9.47 Å². The summed E-state index contributed by atoms with van der Waals surface area (Å²) < 4.78 is 38.1. The first-order chi connectivity index (χ1) is 11.9. The summed E-state index contributed by atoms with van der Waals surface area (Å²) in [6.07, 6.45) is 0.677. The van der Waals surface area contributed by atoms with Crippen LogP contribution in [0.25, 0.3) is 0 Å². The minimum absolute atomic E-state index is 0.123. The van der Waals surface area contributed by atoms with Crippen LogP contribution in [0, 0.1) is 10.1 Å². The molecule has 0 saturated carbocycles. The standard InChI is InChI=1S/C15H14N2O7S/c18-13-4-2-10(17(19)20)8-12(13)16-25(21,22)11-3-5-14-15(9-11)24-7-1-6-23-14/h2-5,8-9,16,18H,1,6-7H2. The zero-order chi connectivity index (χ0) is 18.0. The first-order valence-corrected chi connectivity index (χ1v) is 8.75. The number of rotatable bonds is 4. The molecule has 1 aliphatic heterocycles. The normalized spacial score (nSPS) is 13.8. The Balaban J connectivity index is 1.94. The van der Waals surface area contributed by atoms with Gasteiger partial charge < -0.3 is 14.6 Å². The van der Waals surface area contributed by atoms with Gasteiger partial charge in [0.1, 0.15) is 5.75 Å². The van der Waals surface area contributed by atoms with Crippen molar-refractivity contribution in [2.24, 2.45) is 0 Å². The van der Waals surface area contributed by atoms with Gasteiger partial charge >= 0.3 is 0 Å². The fourth-order valence-corrected chi connectivity index (χ4v) is 3.31. The van der Waals surface area contributed by atoms with Crippen molar-refractivity contribution in [2.45, 2.75) is 11.3 Å². The van der Waals surface area contributed by atoms with E-state index >= 15 is 0 Å². The van der Waals surface area contributed by atoms with Gasteiger partial charge in [-0.15, -0.1) is 0 Å². The summed E-state index contributed by atoms with van der Waals surface area (Å²) in [5, 5.41) is 20.6. The van der Waals surface area contributed by atoms with Crippen LogP contribution in [0.5, 0.6) is 17.2 Å². The Kier molecular flexibility index (Phi) is 4.36. The largest absolute Gasteiger partial charge is 0.506 e. The zero-order valence-corrected chi connectivity index (χ0v) is 13.7. The maximum absolute atomic E-state index is 12.5. The maximum atomic E-state index is 12.5. The minimum Gasteiger partial charge on any atom is -0.506 e. The molecule has 0 saturated heterocycles. The molecule has 0 bridgehead atoms. The number of nitrogens with one attached hydrogen (secondary N) is 1.